The van der Waals surface area contributed by atoms with Crippen LogP contribution in [0.15, 0.2) is 35.7 Å². The van der Waals surface area contributed by atoms with E-state index >= 15 is 0 Å². The number of hydrogen-bond donors (Lipinski definition) is 1. The van der Waals surface area contributed by atoms with E-state index in [9.17, 15) is 9.59 Å². The number of aromatic nitrogens is 1. The van der Waals surface area contributed by atoms with E-state index in [2.05, 4.69) is 5.32 Å². The number of ether oxygens (including phenoxy) is 1. The zero-order chi connectivity index (χ0) is 20.2. The van der Waals surface area contributed by atoms with Crippen LogP contribution in [0.25, 0.3) is 10.9 Å². The molecule has 0 unspecified atom stereocenters. The molecule has 0 bridgehead atoms. The predicted octanol–water partition coefficient (Wildman–Crippen LogP) is 4.23. The van der Waals surface area contributed by atoms with Crippen molar-refractivity contribution in [3.63, 3.8) is 0 Å². The molecule has 0 radical (unpaired) electrons. The zero-order valence-corrected chi connectivity index (χ0v) is 16.6. The van der Waals surface area contributed by atoms with E-state index in [0.717, 1.165) is 54.3 Å². The molecule has 1 amide bonds. The van der Waals surface area contributed by atoms with E-state index in [1.165, 1.54) is 11.3 Å². The molecule has 1 aliphatic carbocycles. The van der Waals surface area contributed by atoms with Crippen LogP contribution in [0.1, 0.15) is 46.4 Å². The SMILES string of the molecule is N#Cc1ccsc1NC(=O)COC(=O)c1c2c(nc3ccccc13)CCCCC2. The number of carbonyl (C=O) groups excluding carboxylic acids is 2. The highest BCUT2D eigenvalue weighted by atomic mass is 32.1. The largest absolute Gasteiger partial charge is 0.452 e. The van der Waals surface area contributed by atoms with Crippen molar-refractivity contribution in [1.29, 1.82) is 5.26 Å². The topological polar surface area (TPSA) is 92.1 Å². The lowest BCUT2D eigenvalue weighted by Crippen LogP contribution is -2.22. The molecule has 0 saturated heterocycles. The van der Waals surface area contributed by atoms with Crippen LogP contribution in [0.4, 0.5) is 5.00 Å². The maximum Gasteiger partial charge on any atom is 0.339 e. The fraction of sp³-hybridized carbons (Fsp3) is 0.273. The van der Waals surface area contributed by atoms with Crippen LogP contribution in [0, 0.1) is 11.3 Å². The van der Waals surface area contributed by atoms with Gasteiger partial charge >= 0.3 is 5.97 Å². The highest BCUT2D eigenvalue weighted by molar-refractivity contribution is 7.14. The molecule has 6 nitrogen and oxygen atoms in total. The number of nitrogens with zero attached hydrogens (tertiary/aromatic N) is 2. The summed E-state index contributed by atoms with van der Waals surface area (Å²) >= 11 is 1.25. The zero-order valence-electron chi connectivity index (χ0n) is 15.7. The van der Waals surface area contributed by atoms with Crippen molar-refractivity contribution in [3.05, 3.63) is 58.1 Å². The molecule has 7 heteroatoms. The van der Waals surface area contributed by atoms with Gasteiger partial charge in [-0.05, 0) is 48.8 Å². The van der Waals surface area contributed by atoms with E-state index in [-0.39, 0.29) is 0 Å². The Kier molecular flexibility index (Phi) is 5.54. The number of anilines is 1. The van der Waals surface area contributed by atoms with E-state index in [1.54, 1.807) is 11.4 Å². The molecule has 1 N–H and O–H groups in total. The quantitative estimate of drug-likeness (QED) is 0.518. The summed E-state index contributed by atoms with van der Waals surface area (Å²) < 4.78 is 5.37. The van der Waals surface area contributed by atoms with Gasteiger partial charge in [0, 0.05) is 11.1 Å². The summed E-state index contributed by atoms with van der Waals surface area (Å²) in [6.45, 7) is -0.410. The van der Waals surface area contributed by atoms with Gasteiger partial charge < -0.3 is 10.1 Å². The first kappa shape index (κ1) is 19.1. The van der Waals surface area contributed by atoms with Crippen LogP contribution in [-0.4, -0.2) is 23.5 Å². The summed E-state index contributed by atoms with van der Waals surface area (Å²) in [7, 11) is 0. The number of para-hydroxylation sites is 1. The van der Waals surface area contributed by atoms with E-state index in [4.69, 9.17) is 15.0 Å². The number of rotatable bonds is 4. The lowest BCUT2D eigenvalue weighted by molar-refractivity contribution is -0.119. The molecule has 146 valence electrons. The van der Waals surface area contributed by atoms with Gasteiger partial charge in [-0.1, -0.05) is 24.6 Å². The highest BCUT2D eigenvalue weighted by Crippen LogP contribution is 2.29. The summed E-state index contributed by atoms with van der Waals surface area (Å²) in [5.41, 5.74) is 3.57. The Morgan fingerprint density at radius 2 is 2.00 bits per heavy atom. The number of nitriles is 1. The molecule has 3 aromatic rings. The Bertz CT molecular complexity index is 1130. The van der Waals surface area contributed by atoms with Crippen LogP contribution in [0.2, 0.25) is 0 Å². The maximum atomic E-state index is 13.0. The van der Waals surface area contributed by atoms with Gasteiger partial charge in [0.2, 0.25) is 0 Å². The highest BCUT2D eigenvalue weighted by Gasteiger charge is 2.23. The molecule has 0 fully saturated rings. The third-order valence-electron chi connectivity index (χ3n) is 5.00. The second-order valence-corrected chi connectivity index (χ2v) is 7.81. The van der Waals surface area contributed by atoms with Crippen molar-refractivity contribution in [3.8, 4) is 6.07 Å². The van der Waals surface area contributed by atoms with Crippen LogP contribution in [-0.2, 0) is 22.4 Å². The maximum absolute atomic E-state index is 13.0. The average Bonchev–Trinajstić information content (AvgIpc) is 3.05. The van der Waals surface area contributed by atoms with Gasteiger partial charge in [0.25, 0.3) is 5.91 Å². The Balaban J connectivity index is 1.57. The predicted molar refractivity (Wildman–Crippen MR) is 111 cm³/mol. The van der Waals surface area contributed by atoms with Crippen molar-refractivity contribution < 1.29 is 14.3 Å². The van der Waals surface area contributed by atoms with E-state index in [0.29, 0.717) is 16.1 Å². The Morgan fingerprint density at radius 1 is 1.17 bits per heavy atom. The first-order valence-corrected chi connectivity index (χ1v) is 10.4. The fourth-order valence-electron chi connectivity index (χ4n) is 3.64. The third kappa shape index (κ3) is 3.98. The number of esters is 1. The Morgan fingerprint density at radius 3 is 2.86 bits per heavy atom. The number of fused-ring (bicyclic) bond motifs is 2. The van der Waals surface area contributed by atoms with Crippen molar-refractivity contribution in [2.45, 2.75) is 32.1 Å². The third-order valence-corrected chi connectivity index (χ3v) is 5.83. The fourth-order valence-corrected chi connectivity index (χ4v) is 4.40. The number of aryl methyl sites for hydroxylation is 1. The molecule has 2 heterocycles. The summed E-state index contributed by atoms with van der Waals surface area (Å²) in [4.78, 5) is 30.0. The standard InChI is InChI=1S/C22H19N3O3S/c23-12-14-10-11-29-21(14)25-19(26)13-28-22(27)20-15-6-2-1-3-8-17(15)24-18-9-5-4-7-16(18)20/h4-5,7,9-11H,1-3,6,8,13H2,(H,25,26). The summed E-state index contributed by atoms with van der Waals surface area (Å²) in [5.74, 6) is -0.981. The number of thiophene rings is 1. The molecule has 4 rings (SSSR count). The minimum absolute atomic E-state index is 0.389. The summed E-state index contributed by atoms with van der Waals surface area (Å²) in [6, 6.07) is 11.2. The van der Waals surface area contributed by atoms with Gasteiger partial charge in [0.15, 0.2) is 6.61 Å². The Hall–Kier alpha value is -3.24. The minimum Gasteiger partial charge on any atom is -0.452 e. The summed E-state index contributed by atoms with van der Waals surface area (Å²) in [5, 5.41) is 14.6. The Labute approximate surface area is 172 Å². The minimum atomic E-state index is -0.511. The molecule has 29 heavy (non-hydrogen) atoms. The van der Waals surface area contributed by atoms with Gasteiger partial charge in [0.1, 0.15) is 11.1 Å². The normalized spacial score (nSPS) is 13.2. The molecule has 0 atom stereocenters. The van der Waals surface area contributed by atoms with Crippen molar-refractivity contribution in [1.82, 2.24) is 4.98 Å². The lowest BCUT2D eigenvalue weighted by atomic mass is 9.97. The number of benzene rings is 1. The molecule has 0 spiro atoms. The second kappa shape index (κ2) is 8.41. The van der Waals surface area contributed by atoms with Gasteiger partial charge in [-0.3, -0.25) is 9.78 Å². The van der Waals surface area contributed by atoms with Crippen LogP contribution < -0.4 is 5.32 Å². The number of pyridine rings is 1. The van der Waals surface area contributed by atoms with Gasteiger partial charge in [-0.15, -0.1) is 11.3 Å². The number of nitrogens with one attached hydrogen (secondary N) is 1. The van der Waals surface area contributed by atoms with E-state index < -0.39 is 18.5 Å². The van der Waals surface area contributed by atoms with Crippen molar-refractivity contribution in [2.75, 3.05) is 11.9 Å². The van der Waals surface area contributed by atoms with Crippen LogP contribution >= 0.6 is 11.3 Å². The molecule has 0 saturated carbocycles. The molecular formula is C22H19N3O3S. The van der Waals surface area contributed by atoms with Gasteiger partial charge in [-0.25, -0.2) is 4.79 Å². The first-order chi connectivity index (χ1) is 14.2. The average molecular weight is 405 g/mol. The van der Waals surface area contributed by atoms with E-state index in [1.807, 2.05) is 30.3 Å². The number of hydrogen-bond acceptors (Lipinski definition) is 6. The first-order valence-electron chi connectivity index (χ1n) is 9.52. The van der Waals surface area contributed by atoms with Crippen molar-refractivity contribution >= 4 is 39.1 Å². The van der Waals surface area contributed by atoms with Crippen LogP contribution in [0.5, 0.6) is 0 Å². The molecule has 2 aromatic heterocycles. The smallest absolute Gasteiger partial charge is 0.339 e. The number of carbonyl (C=O) groups is 2. The van der Waals surface area contributed by atoms with Crippen molar-refractivity contribution in [2.24, 2.45) is 0 Å². The van der Waals surface area contributed by atoms with Gasteiger partial charge in [0.05, 0.1) is 16.6 Å². The molecule has 1 aromatic carbocycles. The van der Waals surface area contributed by atoms with Crippen LogP contribution in [0.3, 0.4) is 0 Å². The second-order valence-electron chi connectivity index (χ2n) is 6.89. The molecule has 1 aliphatic rings. The number of amides is 1. The molecule has 0 aliphatic heterocycles. The monoisotopic (exact) mass is 405 g/mol. The lowest BCUT2D eigenvalue weighted by Gasteiger charge is -2.14. The van der Waals surface area contributed by atoms with Gasteiger partial charge in [-0.2, -0.15) is 5.26 Å². The summed E-state index contributed by atoms with van der Waals surface area (Å²) in [6.07, 6.45) is 4.78. The molecular weight excluding hydrogens is 386 g/mol.